The summed E-state index contributed by atoms with van der Waals surface area (Å²) in [5.41, 5.74) is 1.91. The molecular weight excluding hydrogens is 602 g/mol. The van der Waals surface area contributed by atoms with Crippen molar-refractivity contribution in [2.24, 2.45) is 0 Å². The molecule has 0 saturated carbocycles. The Hall–Kier alpha value is -4.37. The quantitative estimate of drug-likeness (QED) is 0.0879. The minimum Gasteiger partial charge on any atom is -0.429 e. The monoisotopic (exact) mass is 626 g/mol. The van der Waals surface area contributed by atoms with Crippen LogP contribution in [0.5, 0.6) is 5.75 Å². The molecule has 4 aromatic carbocycles. The zero-order valence-electron chi connectivity index (χ0n) is 23.4. The summed E-state index contributed by atoms with van der Waals surface area (Å²) < 4.78 is 91.1. The van der Waals surface area contributed by atoms with E-state index in [9.17, 15) is 22.0 Å². The lowest BCUT2D eigenvalue weighted by molar-refractivity contribution is -0.187. The second-order valence-electron chi connectivity index (χ2n) is 10.2. The molecule has 0 aliphatic rings. The number of hydrogen-bond donors (Lipinski definition) is 0. The second kappa shape index (κ2) is 13.1. The van der Waals surface area contributed by atoms with Gasteiger partial charge in [0.05, 0.1) is 5.56 Å². The van der Waals surface area contributed by atoms with E-state index in [-0.39, 0.29) is 11.1 Å². The Bertz CT molecular complexity index is 1760. The summed E-state index contributed by atoms with van der Waals surface area (Å²) in [4.78, 5) is 8.91. The first-order chi connectivity index (χ1) is 21.1. The van der Waals surface area contributed by atoms with Crippen LogP contribution in [0.1, 0.15) is 37.3 Å². The van der Waals surface area contributed by atoms with Crippen LogP contribution in [0.2, 0.25) is 5.02 Å². The molecule has 5 rings (SSSR count). The average molecular weight is 627 g/mol. The second-order valence-corrected chi connectivity index (χ2v) is 10.5. The molecule has 0 fully saturated rings. The van der Waals surface area contributed by atoms with Gasteiger partial charge in [-0.05, 0) is 53.3 Å². The maximum Gasteiger partial charge on any atom is 0.429 e. The summed E-state index contributed by atoms with van der Waals surface area (Å²) in [6, 6.07) is 15.0. The van der Waals surface area contributed by atoms with Crippen molar-refractivity contribution in [2.75, 3.05) is 0 Å². The molecule has 0 amide bonds. The van der Waals surface area contributed by atoms with Gasteiger partial charge in [0.25, 0.3) is 0 Å². The molecule has 10 heteroatoms. The largest absolute Gasteiger partial charge is 0.429 e. The lowest BCUT2D eigenvalue weighted by atomic mass is 9.98. The fourth-order valence-corrected chi connectivity index (χ4v) is 4.77. The molecule has 3 nitrogen and oxygen atoms in total. The zero-order valence-corrected chi connectivity index (χ0v) is 24.1. The zero-order chi connectivity index (χ0) is 31.4. The molecule has 0 radical (unpaired) electrons. The molecule has 0 unspecified atom stereocenters. The van der Waals surface area contributed by atoms with Crippen LogP contribution in [-0.4, -0.2) is 9.97 Å². The van der Waals surface area contributed by atoms with Crippen LogP contribution in [0.4, 0.5) is 26.3 Å². The Labute approximate surface area is 255 Å². The Balaban J connectivity index is 1.31. The number of rotatable bonds is 10. The van der Waals surface area contributed by atoms with Gasteiger partial charge in [-0.1, -0.05) is 73.8 Å². The normalized spacial score (nSPS) is 11.5. The Morgan fingerprint density at radius 1 is 0.682 bits per heavy atom. The van der Waals surface area contributed by atoms with Gasteiger partial charge in [-0.25, -0.2) is 27.5 Å². The molecule has 1 heterocycles. The number of aromatic nitrogens is 2. The van der Waals surface area contributed by atoms with E-state index in [0.717, 1.165) is 55.0 Å². The molecule has 5 aromatic rings. The molecule has 0 aliphatic heterocycles. The third-order valence-electron chi connectivity index (χ3n) is 7.02. The van der Waals surface area contributed by atoms with Crippen molar-refractivity contribution >= 4 is 11.6 Å². The van der Waals surface area contributed by atoms with E-state index >= 15 is 4.39 Å². The van der Waals surface area contributed by atoms with E-state index in [2.05, 4.69) is 21.6 Å². The van der Waals surface area contributed by atoms with E-state index < -0.39 is 45.7 Å². The predicted octanol–water partition coefficient (Wildman–Crippen LogP) is 10.5. The lowest BCUT2D eigenvalue weighted by Gasteiger charge is -2.19. The number of nitrogens with zero attached hydrogens (tertiary/aromatic N) is 2. The van der Waals surface area contributed by atoms with Gasteiger partial charge in [-0.3, -0.25) is 0 Å². The van der Waals surface area contributed by atoms with Crippen molar-refractivity contribution < 1.29 is 31.1 Å². The summed E-state index contributed by atoms with van der Waals surface area (Å²) >= 11 is 5.36. The minimum absolute atomic E-state index is 0.000296. The SMILES string of the molecule is CCCCCc1cnc(-c2ccc(-c3ccc(-c4ccc(C(F)(F)Oc5cc(F)c(Cl)c(F)c5)c(F)c4)c(F)c3)cc2)nc1. The molecule has 0 saturated heterocycles. The summed E-state index contributed by atoms with van der Waals surface area (Å²) in [5, 5.41) is -0.894. The lowest BCUT2D eigenvalue weighted by Crippen LogP contribution is -2.23. The predicted molar refractivity (Wildman–Crippen MR) is 157 cm³/mol. The first-order valence-corrected chi connectivity index (χ1v) is 14.2. The molecule has 44 heavy (non-hydrogen) atoms. The van der Waals surface area contributed by atoms with Gasteiger partial charge in [-0.2, -0.15) is 8.78 Å². The van der Waals surface area contributed by atoms with Crippen molar-refractivity contribution in [3.63, 3.8) is 0 Å². The maximum atomic E-state index is 15.2. The summed E-state index contributed by atoms with van der Waals surface area (Å²) in [7, 11) is 0. The van der Waals surface area contributed by atoms with Gasteiger partial charge in [0.2, 0.25) is 0 Å². The van der Waals surface area contributed by atoms with E-state index in [1.165, 1.54) is 12.1 Å². The molecule has 0 N–H and O–H groups in total. The molecule has 0 aliphatic carbocycles. The number of unbranched alkanes of at least 4 members (excludes halogenated alkanes) is 2. The third-order valence-corrected chi connectivity index (χ3v) is 7.38. The first kappa shape index (κ1) is 31.1. The highest BCUT2D eigenvalue weighted by Crippen LogP contribution is 2.37. The van der Waals surface area contributed by atoms with Gasteiger partial charge in [-0.15, -0.1) is 0 Å². The molecule has 0 spiro atoms. The summed E-state index contributed by atoms with van der Waals surface area (Å²) in [5.74, 6) is -5.06. The number of alkyl halides is 2. The van der Waals surface area contributed by atoms with Crippen LogP contribution >= 0.6 is 11.6 Å². The van der Waals surface area contributed by atoms with Crippen LogP contribution in [-0.2, 0) is 12.5 Å². The Morgan fingerprint density at radius 3 is 1.89 bits per heavy atom. The first-order valence-electron chi connectivity index (χ1n) is 13.8. The fraction of sp³-hybridized carbons (Fsp3) is 0.176. The van der Waals surface area contributed by atoms with Crippen LogP contribution < -0.4 is 4.74 Å². The van der Waals surface area contributed by atoms with Crippen molar-refractivity contribution in [2.45, 2.75) is 38.7 Å². The highest BCUT2D eigenvalue weighted by molar-refractivity contribution is 6.30. The van der Waals surface area contributed by atoms with Crippen LogP contribution in [0, 0.1) is 23.3 Å². The number of halogens is 7. The smallest absolute Gasteiger partial charge is 0.429 e. The third kappa shape index (κ3) is 6.89. The molecule has 0 atom stereocenters. The molecule has 1 aromatic heterocycles. The maximum absolute atomic E-state index is 15.2. The highest BCUT2D eigenvalue weighted by Gasteiger charge is 2.38. The number of benzene rings is 4. The van der Waals surface area contributed by atoms with Gasteiger partial charge in [0, 0.05) is 35.7 Å². The fourth-order valence-electron chi connectivity index (χ4n) is 4.67. The van der Waals surface area contributed by atoms with Crippen LogP contribution in [0.3, 0.4) is 0 Å². The van der Waals surface area contributed by atoms with Gasteiger partial charge in [0.1, 0.15) is 34.0 Å². The number of hydrogen-bond acceptors (Lipinski definition) is 3. The van der Waals surface area contributed by atoms with Crippen LogP contribution in [0.15, 0.2) is 85.2 Å². The molecule has 0 bridgehead atoms. The highest BCUT2D eigenvalue weighted by atomic mass is 35.5. The molecule has 226 valence electrons. The number of aryl methyl sites for hydroxylation is 1. The van der Waals surface area contributed by atoms with E-state index in [1.807, 2.05) is 24.5 Å². The van der Waals surface area contributed by atoms with Crippen molar-refractivity contribution in [3.05, 3.63) is 125 Å². The number of ether oxygens (including phenoxy) is 1. The Kier molecular flexibility index (Phi) is 9.25. The summed E-state index contributed by atoms with van der Waals surface area (Å²) in [6.07, 6.45) is 3.67. The van der Waals surface area contributed by atoms with E-state index in [1.54, 1.807) is 18.2 Å². The summed E-state index contributed by atoms with van der Waals surface area (Å²) in [6.45, 7) is 2.15. The van der Waals surface area contributed by atoms with Gasteiger partial charge in [0.15, 0.2) is 5.82 Å². The van der Waals surface area contributed by atoms with Crippen molar-refractivity contribution in [3.8, 4) is 39.4 Å². The standard InChI is InChI=1S/C34H25ClF6N2O/c1-2-3-4-5-20-18-42-33(43-19-20)22-8-6-21(7-9-22)23-10-12-26(28(36)14-23)24-11-13-27(29(37)15-24)34(40,41)44-25-16-30(38)32(35)31(39)17-25/h6-19H,2-5H2,1H3. The van der Waals surface area contributed by atoms with Crippen LogP contribution in [0.25, 0.3) is 33.6 Å². The Morgan fingerprint density at radius 2 is 1.27 bits per heavy atom. The van der Waals surface area contributed by atoms with Gasteiger partial charge < -0.3 is 4.74 Å². The van der Waals surface area contributed by atoms with E-state index in [4.69, 9.17) is 11.6 Å². The van der Waals surface area contributed by atoms with E-state index in [0.29, 0.717) is 29.1 Å². The molecular formula is C34H25ClF6N2O. The topological polar surface area (TPSA) is 35.0 Å². The van der Waals surface area contributed by atoms with Crippen molar-refractivity contribution in [1.29, 1.82) is 0 Å². The minimum atomic E-state index is -4.30. The average Bonchev–Trinajstić information content (AvgIpc) is 3.00. The van der Waals surface area contributed by atoms with Gasteiger partial charge >= 0.3 is 6.11 Å². The van der Waals surface area contributed by atoms with Crippen molar-refractivity contribution in [1.82, 2.24) is 9.97 Å².